The van der Waals surface area contributed by atoms with Gasteiger partial charge in [0.25, 0.3) is 0 Å². The van der Waals surface area contributed by atoms with E-state index in [2.05, 4.69) is 20.5 Å². The molecule has 3 N–H and O–H groups in total. The number of fused-ring (bicyclic) bond motifs is 1. The average molecular weight is 348 g/mol. The molecular formula is C20H17FN4O. The normalized spacial score (nSPS) is 12.3. The van der Waals surface area contributed by atoms with Crippen molar-refractivity contribution >= 4 is 22.4 Å². The topological polar surface area (TPSA) is 73.8 Å². The maximum Gasteiger partial charge on any atom is 0.153 e. The molecule has 6 heteroatoms. The first-order valence-electron chi connectivity index (χ1n) is 8.22. The predicted molar refractivity (Wildman–Crippen MR) is 98.8 cm³/mol. The first kappa shape index (κ1) is 16.2. The van der Waals surface area contributed by atoms with E-state index in [4.69, 9.17) is 0 Å². The van der Waals surface area contributed by atoms with Gasteiger partial charge in [-0.25, -0.2) is 9.37 Å². The van der Waals surface area contributed by atoms with Gasteiger partial charge in [-0.3, -0.25) is 5.10 Å². The molecule has 0 amide bonds. The van der Waals surface area contributed by atoms with Crippen LogP contribution in [0, 0.1) is 12.7 Å². The number of nitrogens with one attached hydrogen (secondary N) is 2. The van der Waals surface area contributed by atoms with Crippen molar-refractivity contribution in [1.82, 2.24) is 15.2 Å². The summed E-state index contributed by atoms with van der Waals surface area (Å²) in [5.41, 5.74) is 1.99. The van der Waals surface area contributed by atoms with Gasteiger partial charge in [0.05, 0.1) is 5.69 Å². The molecule has 0 saturated heterocycles. The average Bonchev–Trinajstić information content (AvgIpc) is 3.06. The Morgan fingerprint density at radius 1 is 1.08 bits per heavy atom. The summed E-state index contributed by atoms with van der Waals surface area (Å²) in [5, 5.41) is 22.8. The number of hydrogen-bond acceptors (Lipinski definition) is 4. The van der Waals surface area contributed by atoms with Gasteiger partial charge in [-0.15, -0.1) is 0 Å². The Morgan fingerprint density at radius 2 is 1.85 bits per heavy atom. The van der Waals surface area contributed by atoms with Crippen LogP contribution in [-0.2, 0) is 0 Å². The van der Waals surface area contributed by atoms with E-state index in [1.165, 1.54) is 12.1 Å². The largest absolute Gasteiger partial charge is 0.382 e. The van der Waals surface area contributed by atoms with Crippen LogP contribution in [0.3, 0.4) is 0 Å². The van der Waals surface area contributed by atoms with Gasteiger partial charge in [-0.05, 0) is 36.1 Å². The number of aromatic amines is 1. The summed E-state index contributed by atoms with van der Waals surface area (Å²) in [6, 6.07) is 17.2. The Kier molecular flexibility index (Phi) is 4.10. The Labute approximate surface area is 149 Å². The number of aryl methyl sites for hydroxylation is 1. The number of pyridine rings is 1. The second kappa shape index (κ2) is 6.57. The molecule has 5 nitrogen and oxygen atoms in total. The highest BCUT2D eigenvalue weighted by molar-refractivity contribution is 5.93. The standard InChI is InChI=1S/C20H17FN4O/c1-12-10-18(25-24-12)23-20-16-5-3-2-4-14(16)11-17(22-20)19(26)13-6-8-15(21)9-7-13/h2-11,19,26H,1H3,(H2,22,23,24,25)/t19-/m1/s1. The maximum atomic E-state index is 13.2. The molecule has 2 aromatic heterocycles. The second-order valence-corrected chi connectivity index (χ2v) is 6.13. The smallest absolute Gasteiger partial charge is 0.153 e. The lowest BCUT2D eigenvalue weighted by Crippen LogP contribution is -2.05. The molecule has 0 aliphatic carbocycles. The highest BCUT2D eigenvalue weighted by Gasteiger charge is 2.16. The molecule has 130 valence electrons. The van der Waals surface area contributed by atoms with E-state index in [1.807, 2.05) is 43.3 Å². The lowest BCUT2D eigenvalue weighted by atomic mass is 10.0. The number of hydrogen-bond donors (Lipinski definition) is 3. The minimum absolute atomic E-state index is 0.344. The van der Waals surface area contributed by atoms with Crippen LogP contribution in [0.2, 0.25) is 0 Å². The molecule has 1 atom stereocenters. The first-order chi connectivity index (χ1) is 12.6. The fourth-order valence-electron chi connectivity index (χ4n) is 2.87. The van der Waals surface area contributed by atoms with E-state index in [-0.39, 0.29) is 5.82 Å². The van der Waals surface area contributed by atoms with Gasteiger partial charge < -0.3 is 10.4 Å². The number of anilines is 2. The lowest BCUT2D eigenvalue weighted by molar-refractivity contribution is 0.215. The molecule has 0 fully saturated rings. The number of benzene rings is 2. The number of rotatable bonds is 4. The molecule has 4 rings (SSSR count). The van der Waals surface area contributed by atoms with Gasteiger partial charge in [0.1, 0.15) is 17.7 Å². The van der Waals surface area contributed by atoms with Crippen LogP contribution in [-0.4, -0.2) is 20.3 Å². The van der Waals surface area contributed by atoms with Crippen LogP contribution < -0.4 is 5.32 Å². The van der Waals surface area contributed by atoms with Gasteiger partial charge >= 0.3 is 0 Å². The van der Waals surface area contributed by atoms with Crippen molar-refractivity contribution in [2.45, 2.75) is 13.0 Å². The summed E-state index contributed by atoms with van der Waals surface area (Å²) in [7, 11) is 0. The van der Waals surface area contributed by atoms with E-state index < -0.39 is 6.10 Å². The van der Waals surface area contributed by atoms with Gasteiger partial charge in [0.15, 0.2) is 5.82 Å². The first-order valence-corrected chi connectivity index (χ1v) is 8.22. The van der Waals surface area contributed by atoms with Crippen LogP contribution in [0.25, 0.3) is 10.8 Å². The number of aromatic nitrogens is 3. The fraction of sp³-hybridized carbons (Fsp3) is 0.100. The van der Waals surface area contributed by atoms with Crippen LogP contribution >= 0.6 is 0 Å². The molecule has 0 saturated carbocycles. The quantitative estimate of drug-likeness (QED) is 0.516. The van der Waals surface area contributed by atoms with Gasteiger partial charge in [-0.2, -0.15) is 5.10 Å². The molecule has 2 aromatic carbocycles. The van der Waals surface area contributed by atoms with Crippen molar-refractivity contribution in [3.8, 4) is 0 Å². The van der Waals surface area contributed by atoms with E-state index in [1.54, 1.807) is 12.1 Å². The zero-order valence-electron chi connectivity index (χ0n) is 14.1. The molecule has 26 heavy (non-hydrogen) atoms. The molecule has 4 aromatic rings. The summed E-state index contributed by atoms with van der Waals surface area (Å²) in [6.07, 6.45) is -0.957. The SMILES string of the molecule is Cc1cc(Nc2nc([C@H](O)c3ccc(F)cc3)cc3ccccc23)n[nH]1. The van der Waals surface area contributed by atoms with Crippen molar-refractivity contribution in [3.05, 3.63) is 83.4 Å². The Bertz CT molecular complexity index is 1060. The number of aliphatic hydroxyl groups is 1. The van der Waals surface area contributed by atoms with Gasteiger partial charge in [0, 0.05) is 17.1 Å². The molecule has 0 unspecified atom stereocenters. The number of nitrogens with zero attached hydrogens (tertiary/aromatic N) is 2. The fourth-order valence-corrected chi connectivity index (χ4v) is 2.87. The second-order valence-electron chi connectivity index (χ2n) is 6.13. The van der Waals surface area contributed by atoms with E-state index in [0.29, 0.717) is 22.9 Å². The van der Waals surface area contributed by atoms with E-state index >= 15 is 0 Å². The van der Waals surface area contributed by atoms with Crippen LogP contribution in [0.5, 0.6) is 0 Å². The van der Waals surface area contributed by atoms with E-state index in [9.17, 15) is 9.50 Å². The van der Waals surface area contributed by atoms with Crippen LogP contribution in [0.15, 0.2) is 60.7 Å². The summed E-state index contributed by atoms with van der Waals surface area (Å²) < 4.78 is 13.2. The van der Waals surface area contributed by atoms with Crippen LogP contribution in [0.4, 0.5) is 16.0 Å². The van der Waals surface area contributed by atoms with Crippen molar-refractivity contribution in [3.63, 3.8) is 0 Å². The third-order valence-corrected chi connectivity index (χ3v) is 4.18. The summed E-state index contributed by atoms with van der Waals surface area (Å²) >= 11 is 0. The zero-order chi connectivity index (χ0) is 18.1. The summed E-state index contributed by atoms with van der Waals surface area (Å²) in [4.78, 5) is 4.60. The Morgan fingerprint density at radius 3 is 2.58 bits per heavy atom. The summed E-state index contributed by atoms with van der Waals surface area (Å²) in [6.45, 7) is 1.92. The third-order valence-electron chi connectivity index (χ3n) is 4.18. The summed E-state index contributed by atoms with van der Waals surface area (Å²) in [5.74, 6) is 0.906. The highest BCUT2D eigenvalue weighted by atomic mass is 19.1. The highest BCUT2D eigenvalue weighted by Crippen LogP contribution is 2.29. The Hall–Kier alpha value is -3.25. The van der Waals surface area contributed by atoms with Crippen molar-refractivity contribution in [2.24, 2.45) is 0 Å². The van der Waals surface area contributed by atoms with Gasteiger partial charge in [-0.1, -0.05) is 36.4 Å². The third kappa shape index (κ3) is 3.14. The number of aliphatic hydroxyl groups excluding tert-OH is 1. The number of H-pyrrole nitrogens is 1. The molecule has 0 aliphatic heterocycles. The van der Waals surface area contributed by atoms with Crippen molar-refractivity contribution < 1.29 is 9.50 Å². The van der Waals surface area contributed by atoms with Crippen LogP contribution in [0.1, 0.15) is 23.1 Å². The number of halogens is 1. The minimum atomic E-state index is -0.957. The monoisotopic (exact) mass is 348 g/mol. The predicted octanol–water partition coefficient (Wildman–Crippen LogP) is 4.23. The molecular weight excluding hydrogens is 331 g/mol. The molecule has 0 spiro atoms. The molecule has 0 radical (unpaired) electrons. The minimum Gasteiger partial charge on any atom is -0.382 e. The molecule has 2 heterocycles. The van der Waals surface area contributed by atoms with Crippen molar-refractivity contribution in [1.29, 1.82) is 0 Å². The zero-order valence-corrected chi connectivity index (χ0v) is 14.1. The maximum absolute atomic E-state index is 13.2. The molecule has 0 aliphatic rings. The van der Waals surface area contributed by atoms with Crippen molar-refractivity contribution in [2.75, 3.05) is 5.32 Å². The van der Waals surface area contributed by atoms with Gasteiger partial charge in [0.2, 0.25) is 0 Å². The van der Waals surface area contributed by atoms with E-state index in [0.717, 1.165) is 16.5 Å². The molecule has 0 bridgehead atoms. The lowest BCUT2D eigenvalue weighted by Gasteiger charge is -2.14. The Balaban J connectivity index is 1.79.